The molecule has 0 bridgehead atoms. The lowest BCUT2D eigenvalue weighted by Crippen LogP contribution is -2.85. The van der Waals surface area contributed by atoms with E-state index in [2.05, 4.69) is 4.74 Å². The number of carbonyl (C=O) groups excluding carboxylic acids is 1. The van der Waals surface area contributed by atoms with E-state index in [9.17, 15) is 4.79 Å². The Hall–Kier alpha value is -1.35. The van der Waals surface area contributed by atoms with Gasteiger partial charge in [-0.1, -0.05) is 18.2 Å². The first-order valence-electron chi connectivity index (χ1n) is 4.22. The average Bonchev–Trinajstić information content (AvgIpc) is 2.18. The van der Waals surface area contributed by atoms with Crippen molar-refractivity contribution >= 4 is 11.7 Å². The fourth-order valence-electron chi connectivity index (χ4n) is 1.11. The summed E-state index contributed by atoms with van der Waals surface area (Å²) in [6, 6.07) is 9.55. The molecule has 0 spiro atoms. The zero-order valence-electron chi connectivity index (χ0n) is 7.86. The molecule has 1 rings (SSSR count). The van der Waals surface area contributed by atoms with E-state index in [0.717, 1.165) is 5.69 Å². The Morgan fingerprint density at radius 3 is 2.54 bits per heavy atom. The van der Waals surface area contributed by atoms with E-state index in [1.165, 1.54) is 7.11 Å². The van der Waals surface area contributed by atoms with E-state index in [-0.39, 0.29) is 12.0 Å². The smallest absolute Gasteiger partial charge is 0.364 e. The molecule has 0 radical (unpaired) electrons. The van der Waals surface area contributed by atoms with Gasteiger partial charge in [0.2, 0.25) is 0 Å². The normalized spacial score (nSPS) is 12.2. The molecule has 1 aromatic rings. The van der Waals surface area contributed by atoms with E-state index in [1.54, 1.807) is 0 Å². The topological polar surface area (TPSA) is 42.9 Å². The second-order valence-corrected chi connectivity index (χ2v) is 2.89. The summed E-state index contributed by atoms with van der Waals surface area (Å²) in [6.45, 7) is 1.82. The number of quaternary nitrogens is 1. The largest absolute Gasteiger partial charge is 0.465 e. The van der Waals surface area contributed by atoms with E-state index < -0.39 is 0 Å². The maximum Gasteiger partial charge on any atom is 0.364 e. The molecular weight excluding hydrogens is 166 g/mol. The molecule has 1 aromatic carbocycles. The van der Waals surface area contributed by atoms with Gasteiger partial charge >= 0.3 is 5.97 Å². The first-order valence-corrected chi connectivity index (χ1v) is 4.22. The minimum absolute atomic E-state index is 0.188. The molecule has 0 amide bonds. The van der Waals surface area contributed by atoms with Crippen LogP contribution in [0, 0.1) is 0 Å². The summed E-state index contributed by atoms with van der Waals surface area (Å²) in [6.07, 6.45) is 0. The van der Waals surface area contributed by atoms with Gasteiger partial charge in [0.25, 0.3) is 0 Å². The molecule has 70 valence electrons. The van der Waals surface area contributed by atoms with Crippen molar-refractivity contribution in [1.82, 2.24) is 0 Å². The number of carbonyl (C=O) groups is 1. The van der Waals surface area contributed by atoms with Crippen LogP contribution in [0.1, 0.15) is 6.92 Å². The summed E-state index contributed by atoms with van der Waals surface area (Å²) in [5.41, 5.74) is 1.04. The van der Waals surface area contributed by atoms with E-state index in [1.807, 2.05) is 42.6 Å². The number of nitrogens with two attached hydrogens (primary N) is 1. The lowest BCUT2D eigenvalue weighted by molar-refractivity contribution is -0.595. The first kappa shape index (κ1) is 9.74. The van der Waals surface area contributed by atoms with Crippen LogP contribution in [-0.2, 0) is 9.53 Å². The van der Waals surface area contributed by atoms with Gasteiger partial charge in [0, 0.05) is 0 Å². The highest BCUT2D eigenvalue weighted by Gasteiger charge is 2.16. The van der Waals surface area contributed by atoms with Crippen LogP contribution in [0.4, 0.5) is 5.69 Å². The summed E-state index contributed by atoms with van der Waals surface area (Å²) in [5, 5.41) is 1.88. The second kappa shape index (κ2) is 4.62. The number of esters is 1. The van der Waals surface area contributed by atoms with E-state index in [4.69, 9.17) is 0 Å². The first-order chi connectivity index (χ1) is 6.24. The SMILES string of the molecule is COC(=O)C(C)[NH2+]c1ccccc1. The Bertz CT molecular complexity index is 272. The molecule has 3 heteroatoms. The molecule has 0 aliphatic rings. The Balaban J connectivity index is 2.55. The Morgan fingerprint density at radius 1 is 1.38 bits per heavy atom. The standard InChI is InChI=1S/C10H13NO2/c1-8(10(12)13-2)11-9-6-4-3-5-7-9/h3-8,11H,1-2H3/p+1. The molecule has 0 fully saturated rings. The van der Waals surface area contributed by atoms with Crippen LogP contribution >= 0.6 is 0 Å². The van der Waals surface area contributed by atoms with Crippen molar-refractivity contribution in [3.63, 3.8) is 0 Å². The summed E-state index contributed by atoms with van der Waals surface area (Å²) in [5.74, 6) is -0.205. The number of rotatable bonds is 3. The molecule has 1 atom stereocenters. The predicted molar refractivity (Wildman–Crippen MR) is 49.5 cm³/mol. The van der Waals surface area contributed by atoms with Crippen molar-refractivity contribution in [2.75, 3.05) is 7.11 Å². The van der Waals surface area contributed by atoms with Gasteiger partial charge in [-0.05, 0) is 19.1 Å². The van der Waals surface area contributed by atoms with Gasteiger partial charge in [-0.3, -0.25) is 0 Å². The number of hydrogen-bond donors (Lipinski definition) is 1. The number of methoxy groups -OCH3 is 1. The summed E-state index contributed by atoms with van der Waals surface area (Å²) >= 11 is 0. The summed E-state index contributed by atoms with van der Waals surface area (Å²) in [7, 11) is 1.40. The van der Waals surface area contributed by atoms with Crippen LogP contribution in [0.2, 0.25) is 0 Å². The lowest BCUT2D eigenvalue weighted by atomic mass is 10.3. The molecule has 0 saturated heterocycles. The van der Waals surface area contributed by atoms with Crippen LogP contribution in [0.15, 0.2) is 30.3 Å². The van der Waals surface area contributed by atoms with E-state index in [0.29, 0.717) is 0 Å². The quantitative estimate of drug-likeness (QED) is 0.542. The number of para-hydroxylation sites is 1. The van der Waals surface area contributed by atoms with Gasteiger partial charge in [-0.15, -0.1) is 0 Å². The van der Waals surface area contributed by atoms with Gasteiger partial charge in [-0.25, -0.2) is 4.79 Å². The summed E-state index contributed by atoms with van der Waals surface area (Å²) in [4.78, 5) is 11.1. The molecule has 2 N–H and O–H groups in total. The maximum absolute atomic E-state index is 11.1. The number of ether oxygens (including phenoxy) is 1. The van der Waals surface area contributed by atoms with Gasteiger partial charge in [0.1, 0.15) is 5.69 Å². The lowest BCUT2D eigenvalue weighted by Gasteiger charge is -2.06. The molecule has 0 heterocycles. The molecule has 3 nitrogen and oxygen atoms in total. The highest BCUT2D eigenvalue weighted by Crippen LogP contribution is 1.97. The van der Waals surface area contributed by atoms with Crippen molar-refractivity contribution in [2.24, 2.45) is 0 Å². The Kier molecular flexibility index (Phi) is 3.46. The van der Waals surface area contributed by atoms with E-state index >= 15 is 0 Å². The zero-order chi connectivity index (χ0) is 9.68. The van der Waals surface area contributed by atoms with Crippen molar-refractivity contribution in [3.8, 4) is 0 Å². The van der Waals surface area contributed by atoms with Crippen molar-refractivity contribution in [1.29, 1.82) is 0 Å². The average molecular weight is 180 g/mol. The van der Waals surface area contributed by atoms with Crippen LogP contribution < -0.4 is 5.32 Å². The van der Waals surface area contributed by atoms with Crippen molar-refractivity contribution in [2.45, 2.75) is 13.0 Å². The molecule has 1 unspecified atom stereocenters. The molecule has 0 aliphatic heterocycles. The van der Waals surface area contributed by atoms with Gasteiger partial charge in [0.05, 0.1) is 7.11 Å². The summed E-state index contributed by atoms with van der Waals surface area (Å²) < 4.78 is 4.61. The highest BCUT2D eigenvalue weighted by molar-refractivity contribution is 5.73. The molecule has 0 aliphatic carbocycles. The van der Waals surface area contributed by atoms with Crippen LogP contribution in [0.3, 0.4) is 0 Å². The van der Waals surface area contributed by atoms with Gasteiger partial charge < -0.3 is 10.1 Å². The van der Waals surface area contributed by atoms with Crippen LogP contribution in [0.25, 0.3) is 0 Å². The van der Waals surface area contributed by atoms with Gasteiger partial charge in [-0.2, -0.15) is 0 Å². The minimum atomic E-state index is -0.205. The molecule has 13 heavy (non-hydrogen) atoms. The van der Waals surface area contributed by atoms with Crippen LogP contribution in [-0.4, -0.2) is 19.1 Å². The van der Waals surface area contributed by atoms with Gasteiger partial charge in [0.15, 0.2) is 6.04 Å². The Morgan fingerprint density at radius 2 is 2.00 bits per heavy atom. The third-order valence-electron chi connectivity index (χ3n) is 1.81. The Labute approximate surface area is 77.7 Å². The molecule has 0 saturated carbocycles. The van der Waals surface area contributed by atoms with Crippen LogP contribution in [0.5, 0.6) is 0 Å². The minimum Gasteiger partial charge on any atom is -0.465 e. The predicted octanol–water partition coefficient (Wildman–Crippen LogP) is 0.443. The third-order valence-corrected chi connectivity index (χ3v) is 1.81. The fourth-order valence-corrected chi connectivity index (χ4v) is 1.11. The second-order valence-electron chi connectivity index (χ2n) is 2.89. The zero-order valence-corrected chi connectivity index (χ0v) is 7.86. The molecule has 0 aromatic heterocycles. The van der Waals surface area contributed by atoms with Crippen molar-refractivity contribution in [3.05, 3.63) is 30.3 Å². The third kappa shape index (κ3) is 2.87. The maximum atomic E-state index is 11.1. The van der Waals surface area contributed by atoms with Crippen molar-refractivity contribution < 1.29 is 14.8 Å². The fraction of sp³-hybridized carbons (Fsp3) is 0.300. The molecular formula is C10H14NO2+. The number of hydrogen-bond acceptors (Lipinski definition) is 2. The number of benzene rings is 1. The highest BCUT2D eigenvalue weighted by atomic mass is 16.5. The monoisotopic (exact) mass is 180 g/mol.